The Kier molecular flexibility index (Phi) is 6.07. The third-order valence-corrected chi connectivity index (χ3v) is 9.35. The van der Waals surface area contributed by atoms with E-state index >= 15 is 0 Å². The summed E-state index contributed by atoms with van der Waals surface area (Å²) in [5.74, 6) is -1.93. The van der Waals surface area contributed by atoms with Gasteiger partial charge in [-0.25, -0.2) is 13.1 Å². The number of fused-ring (bicyclic) bond motifs is 1. The molecule has 33 heavy (non-hydrogen) atoms. The number of ketones is 1. The Morgan fingerprint density at radius 3 is 2.48 bits per heavy atom. The second-order valence-corrected chi connectivity index (χ2v) is 10.7. The molecule has 4 rings (SSSR count). The van der Waals surface area contributed by atoms with E-state index in [0.29, 0.717) is 0 Å². The number of sulfone groups is 1. The molecule has 0 radical (unpaired) electrons. The lowest BCUT2D eigenvalue weighted by Crippen LogP contribution is -2.71. The molecule has 3 atom stereocenters. The number of aryl methyl sites for hydroxylation is 1. The minimum absolute atomic E-state index is 0.0498. The number of aromatic nitrogens is 4. The monoisotopic (exact) mass is 493 g/mol. The van der Waals surface area contributed by atoms with Gasteiger partial charge in [0.1, 0.15) is 11.2 Å². The number of benzene rings is 1. The molecule has 0 aliphatic carbocycles. The first-order valence-corrected chi connectivity index (χ1v) is 12.1. The van der Waals surface area contributed by atoms with Crippen LogP contribution >= 0.6 is 11.8 Å². The molecule has 2 aromatic rings. The standard InChI is InChI=1S/C19H19N5O7S2/c1-10(25)31-9-12-13(14(26)11-7-5-4-6-8-11)24-16(27)15(30-3)17(24)33(28,29)18(12)32-19-20-21-22-23(19)2/h4-8,15,17-18H,9H2,1-3H3/t15-,17+,18?/m0/s1. The number of Topliss-reactive ketones (excluding diaryl/α,β-unsaturated/α-hetero) is 1. The largest absolute Gasteiger partial charge is 0.461 e. The number of rotatable bonds is 7. The van der Waals surface area contributed by atoms with Crippen molar-refractivity contribution >= 4 is 39.3 Å². The van der Waals surface area contributed by atoms with E-state index in [1.807, 2.05) is 0 Å². The molecule has 1 fully saturated rings. The highest BCUT2D eigenvalue weighted by atomic mass is 32.3. The van der Waals surface area contributed by atoms with Gasteiger partial charge in [0.2, 0.25) is 10.9 Å². The zero-order chi connectivity index (χ0) is 23.9. The Labute approximate surface area is 192 Å². The number of hydrogen-bond acceptors (Lipinski definition) is 11. The van der Waals surface area contributed by atoms with Gasteiger partial charge < -0.3 is 9.47 Å². The van der Waals surface area contributed by atoms with Gasteiger partial charge in [-0.3, -0.25) is 19.3 Å². The summed E-state index contributed by atoms with van der Waals surface area (Å²) >= 11 is 0.778. The van der Waals surface area contributed by atoms with Gasteiger partial charge in [0.05, 0.1) is 5.70 Å². The van der Waals surface area contributed by atoms with Crippen LogP contribution in [0.4, 0.5) is 0 Å². The highest BCUT2D eigenvalue weighted by Crippen LogP contribution is 2.46. The average molecular weight is 494 g/mol. The number of carbonyl (C=O) groups is 3. The van der Waals surface area contributed by atoms with Gasteiger partial charge in [-0.1, -0.05) is 42.1 Å². The molecule has 12 nitrogen and oxygen atoms in total. The number of nitrogens with zero attached hydrogens (tertiary/aromatic N) is 5. The Morgan fingerprint density at radius 1 is 1.21 bits per heavy atom. The van der Waals surface area contributed by atoms with E-state index in [0.717, 1.165) is 23.6 Å². The van der Waals surface area contributed by atoms with Crippen molar-refractivity contribution in [1.29, 1.82) is 0 Å². The molecule has 0 bridgehead atoms. The molecule has 0 N–H and O–H groups in total. The van der Waals surface area contributed by atoms with Crippen LogP contribution in [0.2, 0.25) is 0 Å². The van der Waals surface area contributed by atoms with Gasteiger partial charge >= 0.3 is 5.97 Å². The van der Waals surface area contributed by atoms with Crippen LogP contribution in [0.3, 0.4) is 0 Å². The lowest BCUT2D eigenvalue weighted by atomic mass is 9.98. The number of thioether (sulfide) groups is 1. The lowest BCUT2D eigenvalue weighted by Gasteiger charge is -2.50. The molecule has 0 saturated carbocycles. The fourth-order valence-corrected chi connectivity index (χ4v) is 7.48. The molecule has 1 aromatic heterocycles. The number of carbonyl (C=O) groups excluding carboxylic acids is 3. The molecular formula is C19H19N5O7S2. The molecule has 1 saturated heterocycles. The number of methoxy groups -OCH3 is 1. The Morgan fingerprint density at radius 2 is 1.91 bits per heavy atom. The van der Waals surface area contributed by atoms with Crippen LogP contribution in [0.5, 0.6) is 0 Å². The van der Waals surface area contributed by atoms with Gasteiger partial charge in [0.25, 0.3) is 5.91 Å². The fourth-order valence-electron chi connectivity index (χ4n) is 3.66. The fraction of sp³-hybridized carbons (Fsp3) is 0.368. The number of esters is 1. The van der Waals surface area contributed by atoms with E-state index in [2.05, 4.69) is 15.5 Å². The van der Waals surface area contributed by atoms with Gasteiger partial charge in [-0.15, -0.1) is 5.10 Å². The van der Waals surface area contributed by atoms with Crippen LogP contribution in [0.15, 0.2) is 46.8 Å². The molecule has 1 amide bonds. The smallest absolute Gasteiger partial charge is 0.302 e. The van der Waals surface area contributed by atoms with Crippen molar-refractivity contribution in [3.05, 3.63) is 47.2 Å². The van der Waals surface area contributed by atoms with Crippen molar-refractivity contribution in [3.8, 4) is 0 Å². The van der Waals surface area contributed by atoms with Crippen molar-refractivity contribution in [2.45, 2.75) is 28.1 Å². The predicted octanol–water partition coefficient (Wildman–Crippen LogP) is -0.0599. The highest BCUT2D eigenvalue weighted by molar-refractivity contribution is 8.14. The SMILES string of the molecule is CO[C@H]1C(=O)N2C(C(=O)c3ccccc3)=C(COC(C)=O)C(Sc3nnnn3C)S(=O)(=O)[C@H]12. The quantitative estimate of drug-likeness (QED) is 0.290. The first kappa shape index (κ1) is 23.1. The number of β-lactam (4-membered cyclic amide) rings is 1. The first-order valence-electron chi connectivity index (χ1n) is 9.62. The molecule has 174 valence electrons. The van der Waals surface area contributed by atoms with E-state index in [9.17, 15) is 22.8 Å². The normalized spacial score (nSPS) is 23.7. The van der Waals surface area contributed by atoms with Crippen LogP contribution in [0.25, 0.3) is 0 Å². The Bertz CT molecular complexity index is 1260. The zero-order valence-corrected chi connectivity index (χ0v) is 19.4. The second kappa shape index (κ2) is 8.68. The zero-order valence-electron chi connectivity index (χ0n) is 17.7. The Balaban J connectivity index is 1.93. The molecule has 0 spiro atoms. The van der Waals surface area contributed by atoms with Gasteiger partial charge in [0, 0.05) is 32.2 Å². The summed E-state index contributed by atoms with van der Waals surface area (Å²) in [4.78, 5) is 38.8. The van der Waals surface area contributed by atoms with E-state index < -0.39 is 50.2 Å². The maximum atomic E-state index is 13.6. The van der Waals surface area contributed by atoms with Crippen LogP contribution < -0.4 is 0 Å². The van der Waals surface area contributed by atoms with Crippen molar-refractivity contribution in [2.75, 3.05) is 13.7 Å². The molecule has 1 aromatic carbocycles. The van der Waals surface area contributed by atoms with Gasteiger partial charge in [-0.05, 0) is 10.4 Å². The van der Waals surface area contributed by atoms with E-state index in [4.69, 9.17) is 9.47 Å². The minimum Gasteiger partial charge on any atom is -0.461 e. The topological polar surface area (TPSA) is 151 Å². The molecule has 2 aliphatic heterocycles. The number of tetrazole rings is 1. The van der Waals surface area contributed by atoms with Crippen LogP contribution in [-0.2, 0) is 35.9 Å². The number of hydrogen-bond donors (Lipinski definition) is 0. The highest BCUT2D eigenvalue weighted by Gasteiger charge is 2.63. The lowest BCUT2D eigenvalue weighted by molar-refractivity contribution is -0.158. The van der Waals surface area contributed by atoms with Crippen molar-refractivity contribution < 1.29 is 32.3 Å². The van der Waals surface area contributed by atoms with Crippen molar-refractivity contribution in [1.82, 2.24) is 25.1 Å². The first-order chi connectivity index (χ1) is 15.7. The summed E-state index contributed by atoms with van der Waals surface area (Å²) in [7, 11) is -1.41. The summed E-state index contributed by atoms with van der Waals surface area (Å²) in [6, 6.07) is 8.09. The summed E-state index contributed by atoms with van der Waals surface area (Å²) in [5, 5.41) is 9.78. The molecule has 3 heterocycles. The number of ether oxygens (including phenoxy) is 2. The van der Waals surface area contributed by atoms with Gasteiger partial charge in [0.15, 0.2) is 21.3 Å². The third-order valence-electron chi connectivity index (χ3n) is 5.19. The minimum atomic E-state index is -4.16. The third kappa shape index (κ3) is 3.83. The van der Waals surface area contributed by atoms with Crippen molar-refractivity contribution in [3.63, 3.8) is 0 Å². The van der Waals surface area contributed by atoms with E-state index in [1.165, 1.54) is 18.8 Å². The van der Waals surface area contributed by atoms with Crippen LogP contribution in [-0.4, -0.2) is 81.0 Å². The molecule has 2 aliphatic rings. The molecular weight excluding hydrogens is 474 g/mol. The van der Waals surface area contributed by atoms with E-state index in [-0.39, 0.29) is 22.0 Å². The maximum Gasteiger partial charge on any atom is 0.302 e. The van der Waals surface area contributed by atoms with E-state index in [1.54, 1.807) is 30.3 Å². The van der Waals surface area contributed by atoms with Gasteiger partial charge in [-0.2, -0.15) is 0 Å². The van der Waals surface area contributed by atoms with Crippen molar-refractivity contribution in [2.24, 2.45) is 7.05 Å². The second-order valence-electron chi connectivity index (χ2n) is 7.23. The van der Waals surface area contributed by atoms with Crippen LogP contribution in [0, 0.1) is 0 Å². The molecule has 14 heteroatoms. The number of amides is 1. The number of allylic oxidation sites excluding steroid dienone is 1. The van der Waals surface area contributed by atoms with Crippen LogP contribution in [0.1, 0.15) is 17.3 Å². The molecule has 1 unspecified atom stereocenters. The summed E-state index contributed by atoms with van der Waals surface area (Å²) in [6.45, 7) is 0.642. The Hall–Kier alpha value is -3.10. The average Bonchev–Trinajstić information content (AvgIpc) is 3.19. The maximum absolute atomic E-state index is 13.6. The summed E-state index contributed by atoms with van der Waals surface area (Å²) < 4.78 is 37.4. The summed E-state index contributed by atoms with van der Waals surface area (Å²) in [5.41, 5.74) is 0.0306. The predicted molar refractivity (Wildman–Crippen MR) is 113 cm³/mol. The summed E-state index contributed by atoms with van der Waals surface area (Å²) in [6.07, 6.45) is -1.27.